The topological polar surface area (TPSA) is 117 Å². The van der Waals surface area contributed by atoms with Crippen molar-refractivity contribution in [2.24, 2.45) is 0 Å². The van der Waals surface area contributed by atoms with E-state index in [0.717, 1.165) is 0 Å². The van der Waals surface area contributed by atoms with Crippen LogP contribution in [-0.4, -0.2) is 40.3 Å². The van der Waals surface area contributed by atoms with E-state index in [-0.39, 0.29) is 13.0 Å². The number of hydrogen-bond acceptors (Lipinski definition) is 7. The molecule has 1 aromatic rings. The molecule has 0 bridgehead atoms. The SMILES string of the molecule is CC(=O)OC[C@H]1O[C@H](n2ccc(=O)[nH]c2=O)C[C@@H]1OC(C)=O. The molecule has 3 atom stereocenters. The highest BCUT2D eigenvalue weighted by Gasteiger charge is 2.39. The Morgan fingerprint density at radius 3 is 2.68 bits per heavy atom. The fourth-order valence-corrected chi connectivity index (χ4v) is 2.21. The average molecular weight is 312 g/mol. The minimum atomic E-state index is -0.728. The normalized spacial score (nSPS) is 24.0. The summed E-state index contributed by atoms with van der Waals surface area (Å²) in [5.74, 6) is -0.995. The minimum absolute atomic E-state index is 0.0954. The summed E-state index contributed by atoms with van der Waals surface area (Å²) in [6.07, 6.45) is -0.561. The van der Waals surface area contributed by atoms with Crippen molar-refractivity contribution in [1.29, 1.82) is 0 Å². The van der Waals surface area contributed by atoms with Crippen LogP contribution in [0.5, 0.6) is 0 Å². The number of aromatic amines is 1. The van der Waals surface area contributed by atoms with Crippen LogP contribution in [0.3, 0.4) is 0 Å². The van der Waals surface area contributed by atoms with Crippen LogP contribution in [0.15, 0.2) is 21.9 Å². The smallest absolute Gasteiger partial charge is 0.330 e. The lowest BCUT2D eigenvalue weighted by Crippen LogP contribution is -2.32. The predicted octanol–water partition coefficient (Wildman–Crippen LogP) is -0.681. The number of ether oxygens (including phenoxy) is 3. The van der Waals surface area contributed by atoms with Gasteiger partial charge in [-0.05, 0) is 0 Å². The largest absolute Gasteiger partial charge is 0.463 e. The highest BCUT2D eigenvalue weighted by atomic mass is 16.6. The second-order valence-corrected chi connectivity index (χ2v) is 4.83. The molecule has 1 saturated heterocycles. The summed E-state index contributed by atoms with van der Waals surface area (Å²) in [6, 6.07) is 1.19. The van der Waals surface area contributed by atoms with Gasteiger partial charge in [-0.3, -0.25) is 23.9 Å². The van der Waals surface area contributed by atoms with Gasteiger partial charge in [0.05, 0.1) is 0 Å². The molecule has 120 valence electrons. The molecule has 1 aliphatic rings. The second-order valence-electron chi connectivity index (χ2n) is 4.83. The van der Waals surface area contributed by atoms with Gasteiger partial charge >= 0.3 is 17.6 Å². The van der Waals surface area contributed by atoms with Gasteiger partial charge in [0, 0.05) is 32.5 Å². The first kappa shape index (κ1) is 16.0. The zero-order valence-corrected chi connectivity index (χ0v) is 12.1. The van der Waals surface area contributed by atoms with E-state index in [9.17, 15) is 19.2 Å². The summed E-state index contributed by atoms with van der Waals surface area (Å²) in [6.45, 7) is 2.41. The summed E-state index contributed by atoms with van der Waals surface area (Å²) >= 11 is 0. The van der Waals surface area contributed by atoms with Gasteiger partial charge in [0.25, 0.3) is 5.56 Å². The van der Waals surface area contributed by atoms with Crippen molar-refractivity contribution in [3.63, 3.8) is 0 Å². The third kappa shape index (κ3) is 3.82. The Hall–Kier alpha value is -2.42. The van der Waals surface area contributed by atoms with E-state index in [4.69, 9.17) is 14.2 Å². The van der Waals surface area contributed by atoms with Crippen LogP contribution < -0.4 is 11.2 Å². The lowest BCUT2D eigenvalue weighted by Gasteiger charge is -2.17. The van der Waals surface area contributed by atoms with Gasteiger partial charge in [-0.15, -0.1) is 0 Å². The molecular formula is C13H16N2O7. The number of carbonyl (C=O) groups excluding carboxylic acids is 2. The summed E-state index contributed by atoms with van der Waals surface area (Å²) in [5, 5.41) is 0. The minimum Gasteiger partial charge on any atom is -0.463 e. The Bertz CT molecular complexity index is 677. The number of hydrogen-bond donors (Lipinski definition) is 1. The monoisotopic (exact) mass is 312 g/mol. The summed E-state index contributed by atoms with van der Waals surface area (Å²) in [4.78, 5) is 47.0. The maximum absolute atomic E-state index is 11.8. The van der Waals surface area contributed by atoms with Crippen molar-refractivity contribution in [2.45, 2.75) is 38.7 Å². The summed E-state index contributed by atoms with van der Waals surface area (Å²) in [7, 11) is 0. The molecule has 0 aromatic carbocycles. The van der Waals surface area contributed by atoms with Crippen LogP contribution in [-0.2, 0) is 23.8 Å². The number of nitrogens with zero attached hydrogens (tertiary/aromatic N) is 1. The molecule has 0 saturated carbocycles. The van der Waals surface area contributed by atoms with Gasteiger partial charge in [-0.2, -0.15) is 0 Å². The lowest BCUT2D eigenvalue weighted by atomic mass is 10.2. The lowest BCUT2D eigenvalue weighted by molar-refractivity contribution is -0.155. The average Bonchev–Trinajstić information content (AvgIpc) is 2.78. The number of aromatic nitrogens is 2. The summed E-state index contributed by atoms with van der Waals surface area (Å²) in [5.41, 5.74) is -1.15. The molecule has 0 spiro atoms. The molecule has 0 unspecified atom stereocenters. The molecule has 0 amide bonds. The second kappa shape index (κ2) is 6.56. The Balaban J connectivity index is 2.17. The molecule has 2 rings (SSSR count). The number of rotatable bonds is 4. The van der Waals surface area contributed by atoms with Crippen LogP contribution in [0.4, 0.5) is 0 Å². The van der Waals surface area contributed by atoms with E-state index in [1.54, 1.807) is 0 Å². The zero-order chi connectivity index (χ0) is 16.3. The van der Waals surface area contributed by atoms with E-state index in [2.05, 4.69) is 4.98 Å². The Labute approximate surface area is 124 Å². The van der Waals surface area contributed by atoms with Crippen LogP contribution in [0.25, 0.3) is 0 Å². The molecule has 9 heteroatoms. The first-order valence-electron chi connectivity index (χ1n) is 6.64. The number of H-pyrrole nitrogens is 1. The van der Waals surface area contributed by atoms with Crippen molar-refractivity contribution in [3.05, 3.63) is 33.1 Å². The van der Waals surface area contributed by atoms with Crippen LogP contribution in [0.1, 0.15) is 26.5 Å². The standard InChI is InChI=1S/C13H16N2O7/c1-7(16)20-6-10-9(21-8(2)17)5-12(22-10)15-4-3-11(18)14-13(15)19/h3-4,9-10,12H,5-6H2,1-2H3,(H,14,18,19)/t9-,10+,12-/m0/s1. The van der Waals surface area contributed by atoms with Gasteiger partial charge in [0.15, 0.2) is 0 Å². The van der Waals surface area contributed by atoms with Crippen molar-refractivity contribution in [3.8, 4) is 0 Å². The molecule has 2 heterocycles. The molecule has 0 radical (unpaired) electrons. The molecule has 1 aromatic heterocycles. The fourth-order valence-electron chi connectivity index (χ4n) is 2.21. The predicted molar refractivity (Wildman–Crippen MR) is 72.0 cm³/mol. The van der Waals surface area contributed by atoms with E-state index >= 15 is 0 Å². The van der Waals surface area contributed by atoms with Crippen molar-refractivity contribution < 1.29 is 23.8 Å². The van der Waals surface area contributed by atoms with Crippen molar-refractivity contribution >= 4 is 11.9 Å². The number of esters is 2. The Kier molecular flexibility index (Phi) is 4.76. The molecule has 22 heavy (non-hydrogen) atoms. The first-order valence-corrected chi connectivity index (χ1v) is 6.64. The molecule has 0 aliphatic carbocycles. The molecule has 9 nitrogen and oxygen atoms in total. The Morgan fingerprint density at radius 2 is 2.09 bits per heavy atom. The van der Waals surface area contributed by atoms with E-state index in [1.165, 1.54) is 30.7 Å². The molecule has 1 aliphatic heterocycles. The zero-order valence-electron chi connectivity index (χ0n) is 12.1. The van der Waals surface area contributed by atoms with Gasteiger partial charge in [0.2, 0.25) is 0 Å². The van der Waals surface area contributed by atoms with Gasteiger partial charge in [-0.25, -0.2) is 4.79 Å². The molecule has 1 N–H and O–H groups in total. The maximum Gasteiger partial charge on any atom is 0.330 e. The van der Waals surface area contributed by atoms with E-state index in [0.29, 0.717) is 0 Å². The molecule has 1 fully saturated rings. The van der Waals surface area contributed by atoms with Crippen molar-refractivity contribution in [1.82, 2.24) is 9.55 Å². The summed E-state index contributed by atoms with van der Waals surface area (Å²) < 4.78 is 16.8. The van der Waals surface area contributed by atoms with E-state index in [1.807, 2.05) is 0 Å². The maximum atomic E-state index is 11.8. The van der Waals surface area contributed by atoms with Crippen LogP contribution in [0, 0.1) is 0 Å². The quantitative estimate of drug-likeness (QED) is 0.732. The first-order chi connectivity index (χ1) is 10.4. The number of nitrogens with one attached hydrogen (secondary N) is 1. The fraction of sp³-hybridized carbons (Fsp3) is 0.538. The molecular weight excluding hydrogens is 296 g/mol. The van der Waals surface area contributed by atoms with Crippen LogP contribution in [0.2, 0.25) is 0 Å². The van der Waals surface area contributed by atoms with Gasteiger partial charge in [0.1, 0.15) is 25.0 Å². The third-order valence-electron chi connectivity index (χ3n) is 3.11. The van der Waals surface area contributed by atoms with Gasteiger partial charge < -0.3 is 14.2 Å². The number of carbonyl (C=O) groups is 2. The van der Waals surface area contributed by atoms with E-state index < -0.39 is 41.6 Å². The van der Waals surface area contributed by atoms with Gasteiger partial charge in [-0.1, -0.05) is 0 Å². The third-order valence-corrected chi connectivity index (χ3v) is 3.11. The Morgan fingerprint density at radius 1 is 1.36 bits per heavy atom. The highest BCUT2D eigenvalue weighted by Crippen LogP contribution is 2.30. The van der Waals surface area contributed by atoms with Crippen molar-refractivity contribution in [2.75, 3.05) is 6.61 Å². The van der Waals surface area contributed by atoms with Crippen LogP contribution >= 0.6 is 0 Å². The highest BCUT2D eigenvalue weighted by molar-refractivity contribution is 5.66.